The van der Waals surface area contributed by atoms with Gasteiger partial charge in [0.1, 0.15) is 5.82 Å². The first-order valence-electron chi connectivity index (χ1n) is 9.65. The van der Waals surface area contributed by atoms with Crippen molar-refractivity contribution in [2.75, 3.05) is 0 Å². The summed E-state index contributed by atoms with van der Waals surface area (Å²) >= 11 is 6.72. The van der Waals surface area contributed by atoms with Gasteiger partial charge in [-0.15, -0.1) is 0 Å². The van der Waals surface area contributed by atoms with Gasteiger partial charge in [0.25, 0.3) is 5.56 Å². The zero-order chi connectivity index (χ0) is 22.7. The largest absolute Gasteiger partial charge is 0.483 e. The van der Waals surface area contributed by atoms with Crippen LogP contribution < -0.4 is 10.3 Å². The third-order valence-corrected chi connectivity index (χ3v) is 5.73. The lowest BCUT2D eigenvalue weighted by molar-refractivity contribution is -0.386. The number of rotatable bonds is 7. The van der Waals surface area contributed by atoms with Gasteiger partial charge in [-0.2, -0.15) is 9.78 Å². The van der Waals surface area contributed by atoms with E-state index in [0.29, 0.717) is 39.6 Å². The van der Waals surface area contributed by atoms with E-state index >= 15 is 0 Å². The van der Waals surface area contributed by atoms with Crippen molar-refractivity contribution in [2.45, 2.75) is 39.7 Å². The first-order valence-corrected chi connectivity index (χ1v) is 11.2. The van der Waals surface area contributed by atoms with Crippen molar-refractivity contribution in [3.8, 4) is 5.75 Å². The summed E-state index contributed by atoms with van der Waals surface area (Å²) in [6.07, 6.45) is 2.42. The highest BCUT2D eigenvalue weighted by atomic mass is 79.9. The van der Waals surface area contributed by atoms with E-state index in [1.807, 2.05) is 26.8 Å². The van der Waals surface area contributed by atoms with Crippen LogP contribution in [0, 0.1) is 10.1 Å². The topological polar surface area (TPSA) is 99.6 Å². The predicted octanol–water partition coefficient (Wildman–Crippen LogP) is 5.45. The zero-order valence-electron chi connectivity index (χ0n) is 17.1. The van der Waals surface area contributed by atoms with Crippen molar-refractivity contribution in [3.63, 3.8) is 0 Å². The molecule has 31 heavy (non-hydrogen) atoms. The maximum absolute atomic E-state index is 13.0. The fourth-order valence-electron chi connectivity index (χ4n) is 2.88. The van der Waals surface area contributed by atoms with Crippen LogP contribution in [0.1, 0.15) is 38.6 Å². The van der Waals surface area contributed by atoms with E-state index < -0.39 is 4.92 Å². The SMILES string of the molecule is CCc1nc2ccc(Br)cc2c(=O)n1N=Cc1cc(Br)c(O[C@@H](C)CC)c([N+](=O)[O-])c1. The van der Waals surface area contributed by atoms with Crippen LogP contribution in [0.5, 0.6) is 5.75 Å². The molecule has 0 saturated heterocycles. The molecule has 0 N–H and O–H groups in total. The van der Waals surface area contributed by atoms with Crippen LogP contribution in [0.3, 0.4) is 0 Å². The third kappa shape index (κ3) is 5.01. The van der Waals surface area contributed by atoms with E-state index in [0.717, 1.165) is 4.47 Å². The van der Waals surface area contributed by atoms with Crippen molar-refractivity contribution in [2.24, 2.45) is 5.10 Å². The van der Waals surface area contributed by atoms with E-state index in [1.54, 1.807) is 18.2 Å². The fourth-order valence-corrected chi connectivity index (χ4v) is 3.80. The second-order valence-electron chi connectivity index (χ2n) is 6.85. The Bertz CT molecular complexity index is 1240. The summed E-state index contributed by atoms with van der Waals surface area (Å²) in [4.78, 5) is 28.6. The smallest absolute Gasteiger partial charge is 0.312 e. The summed E-state index contributed by atoms with van der Waals surface area (Å²) in [6.45, 7) is 5.65. The first kappa shape index (κ1) is 23.1. The molecular weight excluding hydrogens is 532 g/mol. The van der Waals surface area contributed by atoms with Gasteiger partial charge < -0.3 is 4.74 Å². The second-order valence-corrected chi connectivity index (χ2v) is 8.62. The second kappa shape index (κ2) is 9.69. The molecule has 0 unspecified atom stereocenters. The quantitative estimate of drug-likeness (QED) is 0.221. The Morgan fingerprint density at radius 1 is 1.29 bits per heavy atom. The molecule has 0 aliphatic carbocycles. The average molecular weight is 552 g/mol. The number of hydrogen-bond acceptors (Lipinski definition) is 6. The molecule has 0 saturated carbocycles. The van der Waals surface area contributed by atoms with Gasteiger partial charge in [0.15, 0.2) is 0 Å². The fraction of sp³-hybridized carbons (Fsp3) is 0.286. The summed E-state index contributed by atoms with van der Waals surface area (Å²) in [5.74, 6) is 0.654. The van der Waals surface area contributed by atoms with E-state index in [4.69, 9.17) is 4.74 Å². The standard InChI is InChI=1S/C21H20Br2N4O4/c1-4-12(3)31-20-16(23)8-13(9-18(20)27(29)30)11-24-26-19(5-2)25-17-7-6-14(22)10-15(17)21(26)28/h6-12H,4-5H2,1-3H3/t12-/m0/s1. The molecule has 8 nitrogen and oxygen atoms in total. The van der Waals surface area contributed by atoms with Gasteiger partial charge in [-0.05, 0) is 53.5 Å². The number of benzene rings is 2. The number of ether oxygens (including phenoxy) is 1. The molecule has 2 aromatic carbocycles. The Kier molecular flexibility index (Phi) is 7.22. The van der Waals surface area contributed by atoms with Gasteiger partial charge in [-0.3, -0.25) is 14.9 Å². The number of halogens is 2. The molecule has 10 heteroatoms. The van der Waals surface area contributed by atoms with E-state index in [1.165, 1.54) is 17.0 Å². The van der Waals surface area contributed by atoms with Crippen molar-refractivity contribution >= 4 is 54.7 Å². The van der Waals surface area contributed by atoms with Crippen LogP contribution in [-0.2, 0) is 6.42 Å². The maximum Gasteiger partial charge on any atom is 0.312 e. The monoisotopic (exact) mass is 550 g/mol. The van der Waals surface area contributed by atoms with Crippen LogP contribution in [0.4, 0.5) is 5.69 Å². The van der Waals surface area contributed by atoms with Crippen molar-refractivity contribution in [1.29, 1.82) is 0 Å². The van der Waals surface area contributed by atoms with Gasteiger partial charge in [-0.1, -0.05) is 29.8 Å². The van der Waals surface area contributed by atoms with Gasteiger partial charge in [0, 0.05) is 22.5 Å². The minimum atomic E-state index is -0.501. The minimum Gasteiger partial charge on any atom is -0.483 e. The van der Waals surface area contributed by atoms with Gasteiger partial charge in [0.05, 0.1) is 32.6 Å². The highest BCUT2D eigenvalue weighted by Gasteiger charge is 2.21. The lowest BCUT2D eigenvalue weighted by atomic mass is 10.2. The molecular formula is C21H20Br2N4O4. The molecule has 0 aliphatic heterocycles. The van der Waals surface area contributed by atoms with Crippen LogP contribution in [0.2, 0.25) is 0 Å². The van der Waals surface area contributed by atoms with Crippen molar-refractivity contribution < 1.29 is 9.66 Å². The molecule has 0 amide bonds. The molecule has 1 aromatic heterocycles. The lowest BCUT2D eigenvalue weighted by Crippen LogP contribution is -2.22. The van der Waals surface area contributed by atoms with E-state index in [9.17, 15) is 14.9 Å². The highest BCUT2D eigenvalue weighted by Crippen LogP contribution is 2.37. The number of nitro benzene ring substituents is 1. The van der Waals surface area contributed by atoms with Crippen LogP contribution >= 0.6 is 31.9 Å². The Morgan fingerprint density at radius 3 is 2.68 bits per heavy atom. The minimum absolute atomic E-state index is 0.167. The lowest BCUT2D eigenvalue weighted by Gasteiger charge is -2.14. The Balaban J connectivity index is 2.09. The van der Waals surface area contributed by atoms with Gasteiger partial charge >= 0.3 is 5.69 Å². The molecule has 1 atom stereocenters. The molecule has 0 spiro atoms. The zero-order valence-corrected chi connectivity index (χ0v) is 20.3. The number of fused-ring (bicyclic) bond motifs is 1. The Hall–Kier alpha value is -2.59. The molecule has 0 bridgehead atoms. The van der Waals surface area contributed by atoms with Gasteiger partial charge in [-0.25, -0.2) is 4.98 Å². The molecule has 0 aliphatic rings. The molecule has 3 rings (SSSR count). The number of nitro groups is 1. The number of nitrogens with zero attached hydrogens (tertiary/aromatic N) is 4. The van der Waals surface area contributed by atoms with Gasteiger partial charge in [0.2, 0.25) is 5.75 Å². The van der Waals surface area contributed by atoms with Crippen molar-refractivity contribution in [3.05, 3.63) is 71.1 Å². The number of hydrogen-bond donors (Lipinski definition) is 0. The van der Waals surface area contributed by atoms with E-state index in [-0.39, 0.29) is 23.1 Å². The maximum atomic E-state index is 13.0. The van der Waals surface area contributed by atoms with Crippen LogP contribution in [0.25, 0.3) is 10.9 Å². The normalized spacial score (nSPS) is 12.4. The Morgan fingerprint density at radius 2 is 2.03 bits per heavy atom. The first-order chi connectivity index (χ1) is 14.7. The van der Waals surface area contributed by atoms with Crippen LogP contribution in [-0.4, -0.2) is 26.9 Å². The molecule has 1 heterocycles. The summed E-state index contributed by atoms with van der Waals surface area (Å²) in [5.41, 5.74) is 0.532. The molecule has 3 aromatic rings. The van der Waals surface area contributed by atoms with E-state index in [2.05, 4.69) is 41.9 Å². The van der Waals surface area contributed by atoms with Crippen molar-refractivity contribution in [1.82, 2.24) is 9.66 Å². The summed E-state index contributed by atoms with van der Waals surface area (Å²) in [6, 6.07) is 8.31. The highest BCUT2D eigenvalue weighted by molar-refractivity contribution is 9.10. The summed E-state index contributed by atoms with van der Waals surface area (Å²) < 4.78 is 8.13. The summed E-state index contributed by atoms with van der Waals surface area (Å²) in [7, 11) is 0. The molecule has 162 valence electrons. The number of aromatic nitrogens is 2. The summed E-state index contributed by atoms with van der Waals surface area (Å²) in [5, 5.41) is 16.3. The molecule has 0 fully saturated rings. The Labute approximate surface area is 195 Å². The predicted molar refractivity (Wildman–Crippen MR) is 127 cm³/mol. The molecule has 0 radical (unpaired) electrons. The average Bonchev–Trinajstić information content (AvgIpc) is 2.74. The number of aryl methyl sites for hydroxylation is 1. The third-order valence-electron chi connectivity index (χ3n) is 4.65. The van der Waals surface area contributed by atoms with Crippen LogP contribution in [0.15, 0.2) is 49.2 Å².